The molecule has 40 heavy (non-hydrogen) atoms. The molecule has 3 aliphatic rings. The number of piperazine rings is 1. The van der Waals surface area contributed by atoms with Crippen LogP contribution in [-0.2, 0) is 11.3 Å². The fourth-order valence-corrected chi connectivity index (χ4v) is 5.90. The van der Waals surface area contributed by atoms with Gasteiger partial charge in [0.2, 0.25) is 0 Å². The SMILES string of the molecule is CO[C@@H]1C[C@H]2CN(c3cc4c(cc3NC(=O)c3cnn5cccnc35)CN(CC(F)C(C)(C)O)C4=O)CCN2C1. The molecule has 5 heterocycles. The van der Waals surface area contributed by atoms with Crippen molar-refractivity contribution in [3.05, 3.63) is 53.5 Å². The minimum absolute atomic E-state index is 0.187. The number of carbonyl (C=O) groups excluding carboxylic acids is 2. The van der Waals surface area contributed by atoms with Gasteiger partial charge < -0.3 is 25.0 Å². The van der Waals surface area contributed by atoms with Gasteiger partial charge in [-0.3, -0.25) is 14.5 Å². The molecule has 0 radical (unpaired) electrons. The Bertz CT molecular complexity index is 1450. The number of halogens is 1. The van der Waals surface area contributed by atoms with Gasteiger partial charge in [-0.05, 0) is 44.0 Å². The van der Waals surface area contributed by atoms with E-state index in [0.717, 1.165) is 38.3 Å². The molecule has 2 aromatic heterocycles. The summed E-state index contributed by atoms with van der Waals surface area (Å²) in [6.45, 7) is 5.93. The summed E-state index contributed by atoms with van der Waals surface area (Å²) in [5.74, 6) is -0.646. The normalized spacial score (nSPS) is 22.1. The number of alkyl halides is 1. The molecule has 2 fully saturated rings. The lowest BCUT2D eigenvalue weighted by Gasteiger charge is -2.39. The number of hydrogen-bond acceptors (Lipinski definition) is 8. The summed E-state index contributed by atoms with van der Waals surface area (Å²) in [7, 11) is 1.74. The summed E-state index contributed by atoms with van der Waals surface area (Å²) in [4.78, 5) is 37.2. The van der Waals surface area contributed by atoms with E-state index in [-0.39, 0.29) is 31.0 Å². The van der Waals surface area contributed by atoms with Crippen LogP contribution >= 0.6 is 0 Å². The monoisotopic (exact) mass is 551 g/mol. The number of nitrogens with zero attached hydrogens (tertiary/aromatic N) is 6. The van der Waals surface area contributed by atoms with Crippen LogP contribution < -0.4 is 10.2 Å². The Morgan fingerprint density at radius 1 is 1.30 bits per heavy atom. The van der Waals surface area contributed by atoms with Crippen molar-refractivity contribution in [1.82, 2.24) is 24.4 Å². The molecule has 6 rings (SSSR count). The molecule has 2 N–H and O–H groups in total. The maximum atomic E-state index is 14.7. The maximum Gasteiger partial charge on any atom is 0.261 e. The predicted molar refractivity (Wildman–Crippen MR) is 146 cm³/mol. The highest BCUT2D eigenvalue weighted by Gasteiger charge is 2.39. The van der Waals surface area contributed by atoms with Crippen LogP contribution in [0.4, 0.5) is 15.8 Å². The summed E-state index contributed by atoms with van der Waals surface area (Å²) < 4.78 is 21.9. The van der Waals surface area contributed by atoms with Gasteiger partial charge in [-0.15, -0.1) is 0 Å². The maximum absolute atomic E-state index is 14.7. The zero-order valence-electron chi connectivity index (χ0n) is 22.9. The van der Waals surface area contributed by atoms with Crippen LogP contribution in [0, 0.1) is 0 Å². The van der Waals surface area contributed by atoms with Crippen molar-refractivity contribution in [1.29, 1.82) is 0 Å². The predicted octanol–water partition coefficient (Wildman–Crippen LogP) is 1.96. The molecule has 0 spiro atoms. The molecule has 11 nitrogen and oxygen atoms in total. The second-order valence-electron chi connectivity index (χ2n) is 11.4. The molecular formula is C28H34FN7O4. The number of aromatic nitrogens is 3. The highest BCUT2D eigenvalue weighted by atomic mass is 19.1. The molecule has 3 aromatic rings. The second-order valence-corrected chi connectivity index (χ2v) is 11.4. The fourth-order valence-electron chi connectivity index (χ4n) is 5.90. The Balaban J connectivity index is 1.32. The number of methoxy groups -OCH3 is 1. The molecule has 212 valence electrons. The molecule has 0 aliphatic carbocycles. The van der Waals surface area contributed by atoms with E-state index in [1.54, 1.807) is 25.6 Å². The van der Waals surface area contributed by atoms with E-state index in [0.29, 0.717) is 34.1 Å². The first-order valence-electron chi connectivity index (χ1n) is 13.6. The van der Waals surface area contributed by atoms with Crippen molar-refractivity contribution < 1.29 is 23.8 Å². The number of nitrogens with one attached hydrogen (secondary N) is 1. The van der Waals surface area contributed by atoms with E-state index in [1.165, 1.54) is 29.5 Å². The van der Waals surface area contributed by atoms with E-state index in [1.807, 2.05) is 12.1 Å². The number of aliphatic hydroxyl groups is 1. The van der Waals surface area contributed by atoms with Gasteiger partial charge in [-0.2, -0.15) is 5.10 Å². The van der Waals surface area contributed by atoms with Crippen LogP contribution in [0.1, 0.15) is 46.5 Å². The van der Waals surface area contributed by atoms with E-state index in [2.05, 4.69) is 25.2 Å². The summed E-state index contributed by atoms with van der Waals surface area (Å²) in [6, 6.07) is 5.66. The lowest BCUT2D eigenvalue weighted by Crippen LogP contribution is -2.50. The number of amides is 2. The topological polar surface area (TPSA) is 116 Å². The molecule has 3 aliphatic heterocycles. The van der Waals surface area contributed by atoms with Gasteiger partial charge >= 0.3 is 0 Å². The van der Waals surface area contributed by atoms with E-state index < -0.39 is 11.8 Å². The smallest absolute Gasteiger partial charge is 0.261 e. The van der Waals surface area contributed by atoms with Crippen molar-refractivity contribution in [3.63, 3.8) is 0 Å². The molecule has 1 unspecified atom stereocenters. The Kier molecular flexibility index (Phi) is 6.71. The number of fused-ring (bicyclic) bond motifs is 3. The first-order chi connectivity index (χ1) is 19.1. The Labute approximate surface area is 231 Å². The Hall–Kier alpha value is -3.61. The summed E-state index contributed by atoms with van der Waals surface area (Å²) in [6.07, 6.45) is 4.31. The Morgan fingerprint density at radius 3 is 2.90 bits per heavy atom. The zero-order valence-corrected chi connectivity index (χ0v) is 22.9. The van der Waals surface area contributed by atoms with Crippen LogP contribution in [0.5, 0.6) is 0 Å². The lowest BCUT2D eigenvalue weighted by molar-refractivity contribution is -0.0159. The molecule has 12 heteroatoms. The molecule has 3 atom stereocenters. The van der Waals surface area contributed by atoms with Crippen molar-refractivity contribution >= 4 is 28.8 Å². The first kappa shape index (κ1) is 26.6. The van der Waals surface area contributed by atoms with Crippen molar-refractivity contribution in [3.8, 4) is 0 Å². The van der Waals surface area contributed by atoms with Crippen LogP contribution in [0.25, 0.3) is 5.65 Å². The molecule has 2 saturated heterocycles. The third-order valence-corrected chi connectivity index (χ3v) is 8.27. The van der Waals surface area contributed by atoms with E-state index in [4.69, 9.17) is 4.74 Å². The van der Waals surface area contributed by atoms with Crippen LogP contribution in [-0.4, -0.2) is 105 Å². The molecule has 2 amide bonds. The molecule has 1 aromatic carbocycles. The third-order valence-electron chi connectivity index (χ3n) is 8.27. The van der Waals surface area contributed by atoms with E-state index in [9.17, 15) is 19.1 Å². The fraction of sp³-hybridized carbons (Fsp3) is 0.500. The van der Waals surface area contributed by atoms with E-state index >= 15 is 0 Å². The van der Waals surface area contributed by atoms with Crippen LogP contribution in [0.3, 0.4) is 0 Å². The number of carbonyl (C=O) groups is 2. The van der Waals surface area contributed by atoms with Gasteiger partial charge in [0.05, 0.1) is 35.8 Å². The van der Waals surface area contributed by atoms with Crippen LogP contribution in [0.15, 0.2) is 36.8 Å². The number of ether oxygens (including phenoxy) is 1. The van der Waals surface area contributed by atoms with Gasteiger partial charge in [-0.25, -0.2) is 13.9 Å². The van der Waals surface area contributed by atoms with Gasteiger partial charge in [0.1, 0.15) is 11.7 Å². The number of rotatable bonds is 7. The third kappa shape index (κ3) is 4.80. The van der Waals surface area contributed by atoms with Crippen molar-refractivity contribution in [2.24, 2.45) is 0 Å². The van der Waals surface area contributed by atoms with Crippen molar-refractivity contribution in [2.75, 3.05) is 50.1 Å². The highest BCUT2D eigenvalue weighted by Crippen LogP contribution is 2.37. The molecular weight excluding hydrogens is 517 g/mol. The second kappa shape index (κ2) is 10.1. The van der Waals surface area contributed by atoms with Gasteiger partial charge in [0.15, 0.2) is 5.65 Å². The summed E-state index contributed by atoms with van der Waals surface area (Å²) >= 11 is 0. The number of hydrogen-bond donors (Lipinski definition) is 2. The average molecular weight is 552 g/mol. The largest absolute Gasteiger partial charge is 0.387 e. The minimum atomic E-state index is -1.60. The Morgan fingerprint density at radius 2 is 2.12 bits per heavy atom. The molecule has 0 saturated carbocycles. The number of anilines is 2. The lowest BCUT2D eigenvalue weighted by atomic mass is 10.0. The molecule has 0 bridgehead atoms. The van der Waals surface area contributed by atoms with Gasteiger partial charge in [-0.1, -0.05) is 0 Å². The standard InChI is InChI=1S/C28H34FN7O4/c1-28(2,39)24(29)16-35-13-17-9-22(32-26(37)21-12-31-36-6-4-5-30-25(21)36)23(11-20(17)27(35)38)34-8-7-33-15-19(40-3)10-18(33)14-34/h4-6,9,11-12,18-19,24,39H,7-8,10,13-16H2,1-3H3,(H,32,37)/t18-,19+,24?/m0/s1. The highest BCUT2D eigenvalue weighted by molar-refractivity contribution is 6.10. The van der Waals surface area contributed by atoms with Gasteiger partial charge in [0.25, 0.3) is 11.8 Å². The zero-order chi connectivity index (χ0) is 28.2. The summed E-state index contributed by atoms with van der Waals surface area (Å²) in [5, 5.41) is 17.4. The van der Waals surface area contributed by atoms with Crippen LogP contribution in [0.2, 0.25) is 0 Å². The summed E-state index contributed by atoms with van der Waals surface area (Å²) in [5.41, 5.74) is 1.70. The quantitative estimate of drug-likeness (QED) is 0.458. The first-order valence-corrected chi connectivity index (χ1v) is 13.6. The average Bonchev–Trinajstić information content (AvgIpc) is 3.62. The minimum Gasteiger partial charge on any atom is -0.387 e. The van der Waals surface area contributed by atoms with Gasteiger partial charge in [0, 0.05) is 63.8 Å². The van der Waals surface area contributed by atoms with Crippen molar-refractivity contribution in [2.45, 2.75) is 50.7 Å². The number of benzene rings is 1.